The highest BCUT2D eigenvalue weighted by Crippen LogP contribution is 2.21. The van der Waals surface area contributed by atoms with Gasteiger partial charge in [-0.3, -0.25) is 0 Å². The summed E-state index contributed by atoms with van der Waals surface area (Å²) in [5.41, 5.74) is 1.33. The number of aryl methyl sites for hydroxylation is 1. The molecule has 92 valence electrons. The fraction of sp³-hybridized carbons (Fsp3) is 0.0769. The lowest BCUT2D eigenvalue weighted by Crippen LogP contribution is -2.35. The highest BCUT2D eigenvalue weighted by Gasteiger charge is 2.22. The number of halogens is 2. The first kappa shape index (κ1) is 12.7. The minimum Gasteiger partial charge on any atom is -0.423 e. The lowest BCUT2D eigenvalue weighted by molar-refractivity contribution is 0.419. The Kier molecular flexibility index (Phi) is 3.45. The predicted molar refractivity (Wildman–Crippen MR) is 66.4 cm³/mol. The molecular weight excluding hydrogens is 237 g/mol. The number of rotatable bonds is 2. The molecule has 0 saturated heterocycles. The Morgan fingerprint density at radius 1 is 0.889 bits per heavy atom. The van der Waals surface area contributed by atoms with E-state index in [9.17, 15) is 8.78 Å². The largest absolute Gasteiger partial charge is 0.494 e. The molecule has 0 atom stereocenters. The van der Waals surface area contributed by atoms with E-state index in [1.54, 1.807) is 12.1 Å². The summed E-state index contributed by atoms with van der Waals surface area (Å²) in [6, 6.07) is 9.34. The smallest absolute Gasteiger partial charge is 0.423 e. The second-order valence-corrected chi connectivity index (χ2v) is 4.09. The Bertz CT molecular complexity index is 545. The van der Waals surface area contributed by atoms with E-state index in [-0.39, 0.29) is 0 Å². The lowest BCUT2D eigenvalue weighted by atomic mass is 9.78. The molecular formula is C13H11BF2O2. The molecule has 0 saturated carbocycles. The van der Waals surface area contributed by atoms with E-state index in [1.165, 1.54) is 0 Å². The molecule has 0 radical (unpaired) electrons. The topological polar surface area (TPSA) is 40.5 Å². The Hall–Kier alpha value is -1.72. The summed E-state index contributed by atoms with van der Waals surface area (Å²) in [6.07, 6.45) is 0. The summed E-state index contributed by atoms with van der Waals surface area (Å²) in [6.45, 7) is 1.91. The van der Waals surface area contributed by atoms with Crippen LogP contribution in [0.1, 0.15) is 5.56 Å². The number of hydrogen-bond acceptors (Lipinski definition) is 2. The normalized spacial score (nSPS) is 10.5. The van der Waals surface area contributed by atoms with Crippen LogP contribution < -0.4 is 5.46 Å². The van der Waals surface area contributed by atoms with Crippen molar-refractivity contribution in [2.75, 3.05) is 0 Å². The molecule has 0 aromatic heterocycles. The third-order valence-corrected chi connectivity index (χ3v) is 2.72. The van der Waals surface area contributed by atoms with Crippen LogP contribution in [-0.2, 0) is 0 Å². The van der Waals surface area contributed by atoms with Crippen molar-refractivity contribution >= 4 is 12.6 Å². The van der Waals surface area contributed by atoms with Crippen molar-refractivity contribution in [1.29, 1.82) is 0 Å². The van der Waals surface area contributed by atoms with Crippen molar-refractivity contribution in [3.05, 3.63) is 53.6 Å². The molecule has 0 unspecified atom stereocenters. The van der Waals surface area contributed by atoms with E-state index >= 15 is 0 Å². The van der Waals surface area contributed by atoms with Crippen molar-refractivity contribution in [3.63, 3.8) is 0 Å². The van der Waals surface area contributed by atoms with Gasteiger partial charge in [0.15, 0.2) is 0 Å². The van der Waals surface area contributed by atoms with E-state index in [1.807, 2.05) is 19.1 Å². The van der Waals surface area contributed by atoms with Crippen LogP contribution in [0.25, 0.3) is 11.1 Å². The molecule has 0 aliphatic rings. The standard InChI is InChI=1S/C13H11BF2O2/c1-8-2-4-9(5-3-8)10-6-11(15)13(14(17)18)12(16)7-10/h2-7,17-18H,1H3. The van der Waals surface area contributed by atoms with E-state index < -0.39 is 24.2 Å². The monoisotopic (exact) mass is 248 g/mol. The molecule has 2 aromatic rings. The molecule has 0 heterocycles. The van der Waals surface area contributed by atoms with Gasteiger partial charge in [-0.2, -0.15) is 0 Å². The van der Waals surface area contributed by atoms with Gasteiger partial charge in [0.05, 0.1) is 5.46 Å². The molecule has 2 aromatic carbocycles. The van der Waals surface area contributed by atoms with Gasteiger partial charge < -0.3 is 10.0 Å². The Morgan fingerprint density at radius 3 is 1.83 bits per heavy atom. The van der Waals surface area contributed by atoms with Crippen LogP contribution in [-0.4, -0.2) is 17.2 Å². The Labute approximate surface area is 104 Å². The molecule has 0 aliphatic heterocycles. The zero-order valence-electron chi connectivity index (χ0n) is 9.69. The molecule has 2 nitrogen and oxygen atoms in total. The van der Waals surface area contributed by atoms with Gasteiger partial charge >= 0.3 is 7.12 Å². The van der Waals surface area contributed by atoms with Gasteiger partial charge in [-0.15, -0.1) is 0 Å². The molecule has 0 amide bonds. The molecule has 0 spiro atoms. The van der Waals surface area contributed by atoms with Crippen LogP contribution in [0.5, 0.6) is 0 Å². The third-order valence-electron chi connectivity index (χ3n) is 2.72. The van der Waals surface area contributed by atoms with Crippen LogP contribution in [0.3, 0.4) is 0 Å². The first-order chi connectivity index (χ1) is 8.49. The number of hydrogen-bond donors (Lipinski definition) is 2. The van der Waals surface area contributed by atoms with Gasteiger partial charge in [0.2, 0.25) is 0 Å². The van der Waals surface area contributed by atoms with Gasteiger partial charge in [-0.05, 0) is 30.2 Å². The highest BCUT2D eigenvalue weighted by atomic mass is 19.1. The Balaban J connectivity index is 2.51. The van der Waals surface area contributed by atoms with Gasteiger partial charge in [0, 0.05) is 0 Å². The summed E-state index contributed by atoms with van der Waals surface area (Å²) in [5.74, 6) is -1.94. The van der Waals surface area contributed by atoms with Gasteiger partial charge in [0.1, 0.15) is 11.6 Å². The van der Waals surface area contributed by atoms with Crippen molar-refractivity contribution in [2.24, 2.45) is 0 Å². The molecule has 2 rings (SSSR count). The average Bonchev–Trinajstić information content (AvgIpc) is 2.28. The highest BCUT2D eigenvalue weighted by molar-refractivity contribution is 6.58. The van der Waals surface area contributed by atoms with Crippen molar-refractivity contribution in [2.45, 2.75) is 6.92 Å². The van der Waals surface area contributed by atoms with Gasteiger partial charge in [0.25, 0.3) is 0 Å². The first-order valence-electron chi connectivity index (χ1n) is 5.41. The summed E-state index contributed by atoms with van der Waals surface area (Å²) in [5, 5.41) is 17.7. The summed E-state index contributed by atoms with van der Waals surface area (Å²) in [7, 11) is -2.16. The van der Waals surface area contributed by atoms with Crippen molar-refractivity contribution < 1.29 is 18.8 Å². The fourth-order valence-electron chi connectivity index (χ4n) is 1.74. The fourth-order valence-corrected chi connectivity index (χ4v) is 1.74. The summed E-state index contributed by atoms with van der Waals surface area (Å²) >= 11 is 0. The quantitative estimate of drug-likeness (QED) is 0.793. The van der Waals surface area contributed by atoms with Crippen molar-refractivity contribution in [3.8, 4) is 11.1 Å². The molecule has 2 N–H and O–H groups in total. The van der Waals surface area contributed by atoms with E-state index in [2.05, 4.69) is 0 Å². The SMILES string of the molecule is Cc1ccc(-c2cc(F)c(B(O)O)c(F)c2)cc1. The van der Waals surface area contributed by atoms with E-state index in [0.717, 1.165) is 17.7 Å². The van der Waals surface area contributed by atoms with Crippen LogP contribution in [0, 0.1) is 18.6 Å². The average molecular weight is 248 g/mol. The third kappa shape index (κ3) is 2.42. The van der Waals surface area contributed by atoms with Crippen molar-refractivity contribution in [1.82, 2.24) is 0 Å². The molecule has 0 aliphatic carbocycles. The number of benzene rings is 2. The summed E-state index contributed by atoms with van der Waals surface area (Å²) in [4.78, 5) is 0. The Morgan fingerprint density at radius 2 is 1.39 bits per heavy atom. The minimum atomic E-state index is -2.16. The first-order valence-corrected chi connectivity index (χ1v) is 5.41. The maximum Gasteiger partial charge on any atom is 0.494 e. The summed E-state index contributed by atoms with van der Waals surface area (Å²) < 4.78 is 27.1. The molecule has 0 fully saturated rings. The second kappa shape index (κ2) is 4.88. The zero-order chi connectivity index (χ0) is 13.3. The van der Waals surface area contributed by atoms with E-state index in [4.69, 9.17) is 10.0 Å². The van der Waals surface area contributed by atoms with E-state index in [0.29, 0.717) is 11.1 Å². The minimum absolute atomic E-state index is 0.356. The molecule has 18 heavy (non-hydrogen) atoms. The van der Waals surface area contributed by atoms with Crippen LogP contribution >= 0.6 is 0 Å². The van der Waals surface area contributed by atoms with Crippen LogP contribution in [0.15, 0.2) is 36.4 Å². The maximum absolute atomic E-state index is 13.6. The second-order valence-electron chi connectivity index (χ2n) is 4.09. The lowest BCUT2D eigenvalue weighted by Gasteiger charge is -2.08. The van der Waals surface area contributed by atoms with Gasteiger partial charge in [-0.25, -0.2) is 8.78 Å². The van der Waals surface area contributed by atoms with Crippen LogP contribution in [0.2, 0.25) is 0 Å². The molecule has 0 bridgehead atoms. The predicted octanol–water partition coefficient (Wildman–Crippen LogP) is 1.62. The zero-order valence-corrected chi connectivity index (χ0v) is 9.69. The maximum atomic E-state index is 13.6. The van der Waals surface area contributed by atoms with Gasteiger partial charge in [-0.1, -0.05) is 29.8 Å². The van der Waals surface area contributed by atoms with Crippen LogP contribution in [0.4, 0.5) is 8.78 Å². The molecule has 5 heteroatoms.